The summed E-state index contributed by atoms with van der Waals surface area (Å²) < 4.78 is 0. The second-order valence-electron chi connectivity index (χ2n) is 15.1. The van der Waals surface area contributed by atoms with Crippen molar-refractivity contribution in [1.82, 2.24) is 20.4 Å². The van der Waals surface area contributed by atoms with Gasteiger partial charge < -0.3 is 20.4 Å². The highest BCUT2D eigenvalue weighted by atomic mass is 15.3. The van der Waals surface area contributed by atoms with Gasteiger partial charge in [-0.05, 0) is 65.0 Å². The summed E-state index contributed by atoms with van der Waals surface area (Å²) in [5, 5.41) is 7.42. The fourth-order valence-corrected chi connectivity index (χ4v) is 7.23. The maximum atomic E-state index is 3.71. The first kappa shape index (κ1) is 43.9. The fraction of sp³-hybridized carbons (Fsp3) is 1.00. The first-order chi connectivity index (χ1) is 22.9. The van der Waals surface area contributed by atoms with Gasteiger partial charge in [0.2, 0.25) is 0 Å². The molecule has 0 unspecified atom stereocenters. The van der Waals surface area contributed by atoms with E-state index in [1.807, 2.05) is 0 Å². The van der Waals surface area contributed by atoms with Crippen molar-refractivity contribution in [2.75, 3.05) is 65.4 Å². The predicted octanol–water partition coefficient (Wildman–Crippen LogP) is 11.5. The lowest BCUT2D eigenvalue weighted by Crippen LogP contribution is -2.47. The zero-order valence-electron chi connectivity index (χ0n) is 32.2. The number of hydrogen-bond donors (Lipinski definition) is 2. The normalized spacial score (nSPS) is 14.5. The topological polar surface area (TPSA) is 30.5 Å². The number of nitrogens with zero attached hydrogens (tertiary/aromatic N) is 2. The molecule has 276 valence electrons. The van der Waals surface area contributed by atoms with Crippen LogP contribution in [0.2, 0.25) is 0 Å². The van der Waals surface area contributed by atoms with Crippen LogP contribution in [0, 0.1) is 0 Å². The van der Waals surface area contributed by atoms with Gasteiger partial charge >= 0.3 is 0 Å². The lowest BCUT2D eigenvalue weighted by molar-refractivity contribution is 0.130. The van der Waals surface area contributed by atoms with Gasteiger partial charge in [-0.1, -0.05) is 181 Å². The summed E-state index contributed by atoms with van der Waals surface area (Å²) in [7, 11) is 0. The third kappa shape index (κ3) is 32.4. The minimum atomic E-state index is 1.20. The highest BCUT2D eigenvalue weighted by Gasteiger charge is 2.15. The minimum Gasteiger partial charge on any atom is -0.317 e. The highest BCUT2D eigenvalue weighted by Crippen LogP contribution is 2.14. The van der Waals surface area contributed by atoms with Crippen LogP contribution in [0.15, 0.2) is 0 Å². The van der Waals surface area contributed by atoms with Crippen LogP contribution in [0.1, 0.15) is 206 Å². The molecule has 1 rings (SSSR count). The number of unbranched alkanes of at least 4 members (excludes halogenated alkanes) is 26. The van der Waals surface area contributed by atoms with Gasteiger partial charge in [-0.25, -0.2) is 0 Å². The molecule has 1 fully saturated rings. The molecule has 0 aromatic rings. The van der Waals surface area contributed by atoms with E-state index in [9.17, 15) is 0 Å². The minimum absolute atomic E-state index is 1.20. The van der Waals surface area contributed by atoms with Crippen molar-refractivity contribution in [2.24, 2.45) is 0 Å². The largest absolute Gasteiger partial charge is 0.317 e. The Morgan fingerprint density at radius 3 is 0.761 bits per heavy atom. The standard InChI is InChI=1S/C42H88N4/c1-3-5-7-9-11-13-15-17-19-21-23-25-27-29-33-43-35-31-37-45-39-41-46(42-40-45)38-32-36-44-34-30-28-26-24-22-20-18-16-14-12-10-8-6-4-2/h43-44H,3-42H2,1-2H3. The molecule has 0 atom stereocenters. The van der Waals surface area contributed by atoms with Crippen LogP contribution in [0.3, 0.4) is 0 Å². The monoisotopic (exact) mass is 649 g/mol. The first-order valence-electron chi connectivity index (χ1n) is 21.7. The molecule has 0 aromatic heterocycles. The molecule has 1 heterocycles. The van der Waals surface area contributed by atoms with E-state index in [-0.39, 0.29) is 0 Å². The maximum absolute atomic E-state index is 3.71. The van der Waals surface area contributed by atoms with Gasteiger partial charge in [0.05, 0.1) is 0 Å². The van der Waals surface area contributed by atoms with E-state index in [1.165, 1.54) is 258 Å². The molecule has 0 bridgehead atoms. The zero-order chi connectivity index (χ0) is 32.9. The Kier molecular flexibility index (Phi) is 35.9. The van der Waals surface area contributed by atoms with Crippen LogP contribution >= 0.6 is 0 Å². The van der Waals surface area contributed by atoms with Crippen LogP contribution in [0.5, 0.6) is 0 Å². The molecule has 0 saturated carbocycles. The molecular weight excluding hydrogens is 560 g/mol. The van der Waals surface area contributed by atoms with Gasteiger partial charge in [0, 0.05) is 26.2 Å². The van der Waals surface area contributed by atoms with Crippen LogP contribution in [-0.4, -0.2) is 75.2 Å². The predicted molar refractivity (Wildman–Crippen MR) is 208 cm³/mol. The van der Waals surface area contributed by atoms with Gasteiger partial charge in [-0.15, -0.1) is 0 Å². The van der Waals surface area contributed by atoms with Gasteiger partial charge in [-0.3, -0.25) is 0 Å². The highest BCUT2D eigenvalue weighted by molar-refractivity contribution is 4.72. The average molecular weight is 649 g/mol. The van der Waals surface area contributed by atoms with Gasteiger partial charge in [0.25, 0.3) is 0 Å². The Balaban J connectivity index is 1.71. The molecule has 1 aliphatic rings. The van der Waals surface area contributed by atoms with Crippen molar-refractivity contribution >= 4 is 0 Å². The zero-order valence-corrected chi connectivity index (χ0v) is 32.2. The third-order valence-corrected chi connectivity index (χ3v) is 10.5. The van der Waals surface area contributed by atoms with E-state index in [1.54, 1.807) is 0 Å². The molecule has 1 aliphatic heterocycles. The van der Waals surface area contributed by atoms with Gasteiger partial charge in [0.15, 0.2) is 0 Å². The number of piperazine rings is 1. The fourth-order valence-electron chi connectivity index (χ4n) is 7.23. The molecule has 0 amide bonds. The van der Waals surface area contributed by atoms with E-state index in [0.29, 0.717) is 0 Å². The van der Waals surface area contributed by atoms with Crippen LogP contribution < -0.4 is 10.6 Å². The molecule has 0 spiro atoms. The first-order valence-corrected chi connectivity index (χ1v) is 21.7. The van der Waals surface area contributed by atoms with E-state index in [2.05, 4.69) is 34.3 Å². The van der Waals surface area contributed by atoms with Crippen LogP contribution in [0.4, 0.5) is 0 Å². The summed E-state index contributed by atoms with van der Waals surface area (Å²) in [6.07, 6.45) is 43.1. The van der Waals surface area contributed by atoms with Crippen molar-refractivity contribution in [3.63, 3.8) is 0 Å². The van der Waals surface area contributed by atoms with E-state index in [0.717, 1.165) is 0 Å². The second kappa shape index (κ2) is 37.7. The van der Waals surface area contributed by atoms with Crippen LogP contribution in [0.25, 0.3) is 0 Å². The summed E-state index contributed by atoms with van der Waals surface area (Å²) in [4.78, 5) is 5.39. The summed E-state index contributed by atoms with van der Waals surface area (Å²) in [6, 6.07) is 0. The van der Waals surface area contributed by atoms with E-state index >= 15 is 0 Å². The Morgan fingerprint density at radius 2 is 0.500 bits per heavy atom. The molecule has 2 N–H and O–H groups in total. The summed E-state index contributed by atoms with van der Waals surface area (Å²) >= 11 is 0. The van der Waals surface area contributed by atoms with Crippen LogP contribution in [-0.2, 0) is 0 Å². The number of nitrogens with one attached hydrogen (secondary N) is 2. The van der Waals surface area contributed by atoms with Crippen molar-refractivity contribution in [2.45, 2.75) is 206 Å². The Labute approximate surface area is 291 Å². The average Bonchev–Trinajstić information content (AvgIpc) is 3.07. The van der Waals surface area contributed by atoms with Crippen molar-refractivity contribution < 1.29 is 0 Å². The van der Waals surface area contributed by atoms with Gasteiger partial charge in [-0.2, -0.15) is 0 Å². The van der Waals surface area contributed by atoms with Crippen molar-refractivity contribution in [3.8, 4) is 0 Å². The second-order valence-corrected chi connectivity index (χ2v) is 15.1. The summed E-state index contributed by atoms with van der Waals surface area (Å²) in [5.41, 5.74) is 0. The van der Waals surface area contributed by atoms with Gasteiger partial charge in [0.1, 0.15) is 0 Å². The Hall–Kier alpha value is -0.160. The third-order valence-electron chi connectivity index (χ3n) is 10.5. The molecule has 0 aromatic carbocycles. The van der Waals surface area contributed by atoms with E-state index < -0.39 is 0 Å². The van der Waals surface area contributed by atoms with E-state index in [4.69, 9.17) is 0 Å². The summed E-state index contributed by atoms with van der Waals surface area (Å²) in [6.45, 7) is 17.1. The van der Waals surface area contributed by atoms with Crippen molar-refractivity contribution in [3.05, 3.63) is 0 Å². The molecule has 46 heavy (non-hydrogen) atoms. The lowest BCUT2D eigenvalue weighted by Gasteiger charge is -2.34. The molecule has 4 nitrogen and oxygen atoms in total. The van der Waals surface area contributed by atoms with Crippen molar-refractivity contribution in [1.29, 1.82) is 0 Å². The molecular formula is C42H88N4. The Bertz CT molecular complexity index is 500. The SMILES string of the molecule is CCCCCCCCCCCCCCCCNCCCN1CCN(CCCNCCCCCCCCCCCCCCCC)CC1. The molecule has 4 heteroatoms. The number of hydrogen-bond acceptors (Lipinski definition) is 4. The molecule has 0 radical (unpaired) electrons. The molecule has 0 aliphatic carbocycles. The smallest absolute Gasteiger partial charge is 0.0110 e. The number of rotatable bonds is 38. The lowest BCUT2D eigenvalue weighted by atomic mass is 10.0. The maximum Gasteiger partial charge on any atom is 0.0110 e. The summed E-state index contributed by atoms with van der Waals surface area (Å²) in [5.74, 6) is 0. The Morgan fingerprint density at radius 1 is 0.283 bits per heavy atom. The quantitative estimate of drug-likeness (QED) is 0.0652. The molecule has 1 saturated heterocycles.